The zero-order valence-corrected chi connectivity index (χ0v) is 18.8. The van der Waals surface area contributed by atoms with Crippen LogP contribution < -0.4 is 5.32 Å². The number of ether oxygens (including phenoxy) is 1. The number of aromatic nitrogens is 3. The van der Waals surface area contributed by atoms with Crippen molar-refractivity contribution in [2.45, 2.75) is 38.5 Å². The van der Waals surface area contributed by atoms with E-state index in [-0.39, 0.29) is 23.1 Å². The normalized spacial score (nSPS) is 15.2. The summed E-state index contributed by atoms with van der Waals surface area (Å²) < 4.78 is 21.2. The van der Waals surface area contributed by atoms with Gasteiger partial charge in [-0.2, -0.15) is 0 Å². The molecule has 10 heteroatoms. The van der Waals surface area contributed by atoms with Crippen molar-refractivity contribution in [2.75, 3.05) is 32.1 Å². The first-order valence-electron chi connectivity index (χ1n) is 10.4. The quantitative estimate of drug-likeness (QED) is 0.623. The Morgan fingerprint density at radius 2 is 1.94 bits per heavy atom. The minimum Gasteiger partial charge on any atom is -0.378 e. The van der Waals surface area contributed by atoms with Crippen molar-refractivity contribution >= 4 is 23.6 Å². The second-order valence-electron chi connectivity index (χ2n) is 7.54. The summed E-state index contributed by atoms with van der Waals surface area (Å²) in [5.41, 5.74) is -0.0126. The minimum atomic E-state index is -0.572. The number of morpholine rings is 1. The number of amides is 2. The lowest BCUT2D eigenvalue weighted by molar-refractivity contribution is -0.132. The first-order valence-corrected chi connectivity index (χ1v) is 11.4. The van der Waals surface area contributed by atoms with Crippen LogP contribution in [0.5, 0.6) is 0 Å². The SMILES string of the molecule is CCn1c(SCC(=O)N2CCOCC2)nnc1C(NC(=O)c1ccccc1F)C(C)C. The molecule has 8 nitrogen and oxygen atoms in total. The molecule has 1 N–H and O–H groups in total. The first-order chi connectivity index (χ1) is 14.9. The smallest absolute Gasteiger partial charge is 0.254 e. The number of carbonyl (C=O) groups is 2. The van der Waals surface area contributed by atoms with E-state index in [1.807, 2.05) is 25.3 Å². The lowest BCUT2D eigenvalue weighted by Gasteiger charge is -2.26. The second-order valence-corrected chi connectivity index (χ2v) is 8.48. The maximum Gasteiger partial charge on any atom is 0.254 e. The zero-order chi connectivity index (χ0) is 22.4. The van der Waals surface area contributed by atoms with E-state index >= 15 is 0 Å². The molecule has 0 aliphatic carbocycles. The highest BCUT2D eigenvalue weighted by Gasteiger charge is 2.27. The van der Waals surface area contributed by atoms with Gasteiger partial charge in [-0.3, -0.25) is 9.59 Å². The van der Waals surface area contributed by atoms with Crippen LogP contribution in [0.1, 0.15) is 43.0 Å². The van der Waals surface area contributed by atoms with Crippen LogP contribution in [0.25, 0.3) is 0 Å². The van der Waals surface area contributed by atoms with E-state index < -0.39 is 17.8 Å². The standard InChI is InChI=1S/C21H28FN5O3S/c1-4-27-19(18(14(2)3)23-20(29)15-7-5-6-8-16(15)22)24-25-21(27)31-13-17(28)26-9-11-30-12-10-26/h5-8,14,18H,4,9-13H2,1-3H3,(H,23,29). The summed E-state index contributed by atoms with van der Waals surface area (Å²) in [5.74, 6) is -0.196. The molecule has 0 bridgehead atoms. The third-order valence-corrected chi connectivity index (χ3v) is 6.05. The monoisotopic (exact) mass is 449 g/mol. The molecule has 3 rings (SSSR count). The highest BCUT2D eigenvalue weighted by molar-refractivity contribution is 7.99. The molecule has 1 fully saturated rings. The van der Waals surface area contributed by atoms with Gasteiger partial charge in [0.2, 0.25) is 5.91 Å². The van der Waals surface area contributed by atoms with Crippen LogP contribution in [0.4, 0.5) is 4.39 Å². The van der Waals surface area contributed by atoms with Crippen LogP contribution in [-0.2, 0) is 16.1 Å². The maximum absolute atomic E-state index is 14.0. The van der Waals surface area contributed by atoms with E-state index in [1.165, 1.54) is 23.9 Å². The first kappa shape index (κ1) is 23.2. The van der Waals surface area contributed by atoms with E-state index in [4.69, 9.17) is 4.74 Å². The molecule has 0 saturated carbocycles. The average Bonchev–Trinajstić information content (AvgIpc) is 3.18. The van der Waals surface area contributed by atoms with Gasteiger partial charge in [0.15, 0.2) is 11.0 Å². The Kier molecular flexibility index (Phi) is 8.03. The number of nitrogens with one attached hydrogen (secondary N) is 1. The van der Waals surface area contributed by atoms with Gasteiger partial charge in [-0.15, -0.1) is 10.2 Å². The number of hydrogen-bond acceptors (Lipinski definition) is 6. The zero-order valence-electron chi connectivity index (χ0n) is 18.0. The number of rotatable bonds is 8. The number of benzene rings is 1. The van der Waals surface area contributed by atoms with Crippen LogP contribution >= 0.6 is 11.8 Å². The summed E-state index contributed by atoms with van der Waals surface area (Å²) in [5, 5.41) is 12.1. The topological polar surface area (TPSA) is 89.3 Å². The molecular weight excluding hydrogens is 421 g/mol. The highest BCUT2D eigenvalue weighted by Crippen LogP contribution is 2.26. The third kappa shape index (κ3) is 5.62. The Morgan fingerprint density at radius 1 is 1.23 bits per heavy atom. The third-order valence-electron chi connectivity index (χ3n) is 5.10. The number of carbonyl (C=O) groups excluding carboxylic acids is 2. The number of thioether (sulfide) groups is 1. The molecular formula is C21H28FN5O3S. The summed E-state index contributed by atoms with van der Waals surface area (Å²) >= 11 is 1.33. The predicted octanol–water partition coefficient (Wildman–Crippen LogP) is 2.52. The average molecular weight is 450 g/mol. The summed E-state index contributed by atoms with van der Waals surface area (Å²) in [6.45, 7) is 8.76. The highest BCUT2D eigenvalue weighted by atomic mass is 32.2. The fraction of sp³-hybridized carbons (Fsp3) is 0.524. The van der Waals surface area contributed by atoms with Gasteiger partial charge in [-0.25, -0.2) is 4.39 Å². The van der Waals surface area contributed by atoms with Gasteiger partial charge in [0.1, 0.15) is 5.82 Å². The van der Waals surface area contributed by atoms with Gasteiger partial charge < -0.3 is 19.5 Å². The van der Waals surface area contributed by atoms with Crippen molar-refractivity contribution in [3.63, 3.8) is 0 Å². The molecule has 0 radical (unpaired) electrons. The molecule has 0 spiro atoms. The molecule has 1 unspecified atom stereocenters. The number of hydrogen-bond donors (Lipinski definition) is 1. The van der Waals surface area contributed by atoms with Gasteiger partial charge in [0.25, 0.3) is 5.91 Å². The lowest BCUT2D eigenvalue weighted by Crippen LogP contribution is -2.41. The van der Waals surface area contributed by atoms with Gasteiger partial charge in [0.05, 0.1) is 30.6 Å². The van der Waals surface area contributed by atoms with Crippen molar-refractivity contribution in [1.82, 2.24) is 25.0 Å². The van der Waals surface area contributed by atoms with Gasteiger partial charge >= 0.3 is 0 Å². The predicted molar refractivity (Wildman–Crippen MR) is 115 cm³/mol. The molecule has 31 heavy (non-hydrogen) atoms. The van der Waals surface area contributed by atoms with Crippen molar-refractivity contribution in [2.24, 2.45) is 5.92 Å². The van der Waals surface area contributed by atoms with Crippen LogP contribution in [0.3, 0.4) is 0 Å². The Labute approximate surface area is 185 Å². The molecule has 2 heterocycles. The van der Waals surface area contributed by atoms with Gasteiger partial charge in [-0.05, 0) is 25.0 Å². The van der Waals surface area contributed by atoms with Crippen molar-refractivity contribution in [1.29, 1.82) is 0 Å². The van der Waals surface area contributed by atoms with Crippen molar-refractivity contribution < 1.29 is 18.7 Å². The fourth-order valence-corrected chi connectivity index (χ4v) is 4.27. The van der Waals surface area contributed by atoms with E-state index in [1.54, 1.807) is 17.0 Å². The summed E-state index contributed by atoms with van der Waals surface area (Å²) in [6.07, 6.45) is 0. The molecule has 1 aromatic heterocycles. The minimum absolute atomic E-state index is 0.00180. The van der Waals surface area contributed by atoms with Crippen molar-refractivity contribution in [3.8, 4) is 0 Å². The fourth-order valence-electron chi connectivity index (χ4n) is 3.36. The lowest BCUT2D eigenvalue weighted by atomic mass is 10.0. The Morgan fingerprint density at radius 3 is 2.58 bits per heavy atom. The van der Waals surface area contributed by atoms with E-state index in [0.29, 0.717) is 43.8 Å². The summed E-state index contributed by atoms with van der Waals surface area (Å²) in [7, 11) is 0. The van der Waals surface area contributed by atoms with Crippen molar-refractivity contribution in [3.05, 3.63) is 41.5 Å². The van der Waals surface area contributed by atoms with E-state index in [0.717, 1.165) is 0 Å². The van der Waals surface area contributed by atoms with Crippen LogP contribution in [-0.4, -0.2) is 63.5 Å². The Balaban J connectivity index is 1.73. The maximum atomic E-state index is 14.0. The van der Waals surface area contributed by atoms with Crippen LogP contribution in [0, 0.1) is 11.7 Å². The number of halogens is 1. The summed E-state index contributed by atoms with van der Waals surface area (Å²) in [6, 6.07) is 5.42. The molecule has 2 amide bonds. The molecule has 1 aliphatic heterocycles. The molecule has 168 valence electrons. The van der Waals surface area contributed by atoms with E-state index in [9.17, 15) is 14.0 Å². The Hall–Kier alpha value is -2.46. The Bertz CT molecular complexity index is 914. The second kappa shape index (κ2) is 10.7. The summed E-state index contributed by atoms with van der Waals surface area (Å²) in [4.78, 5) is 26.9. The molecule has 1 aromatic carbocycles. The molecule has 1 saturated heterocycles. The van der Waals surface area contributed by atoms with Crippen LogP contribution in [0.15, 0.2) is 29.4 Å². The van der Waals surface area contributed by atoms with Gasteiger partial charge in [0, 0.05) is 19.6 Å². The molecule has 1 atom stereocenters. The van der Waals surface area contributed by atoms with E-state index in [2.05, 4.69) is 15.5 Å². The largest absolute Gasteiger partial charge is 0.378 e. The number of nitrogens with zero attached hydrogens (tertiary/aromatic N) is 4. The van der Waals surface area contributed by atoms with Gasteiger partial charge in [-0.1, -0.05) is 37.7 Å². The molecule has 2 aromatic rings. The molecule has 1 aliphatic rings. The van der Waals surface area contributed by atoms with Crippen LogP contribution in [0.2, 0.25) is 0 Å².